The Balaban J connectivity index is 1.45. The molecule has 0 saturated carbocycles. The first-order chi connectivity index (χ1) is 26.8. The van der Waals surface area contributed by atoms with Crippen molar-refractivity contribution in [2.24, 2.45) is 0 Å². The van der Waals surface area contributed by atoms with Crippen molar-refractivity contribution < 1.29 is 16.4 Å². The molecule has 206 valence electrons. The number of hydrogen-bond donors (Lipinski definition) is 0. The van der Waals surface area contributed by atoms with E-state index in [1.54, 1.807) is 23.5 Å². The minimum absolute atomic E-state index is 0.158. The lowest BCUT2D eigenvalue weighted by Gasteiger charge is -2.10. The zero-order chi connectivity index (χ0) is 39.5. The highest BCUT2D eigenvalue weighted by atomic mass is 32.1. The van der Waals surface area contributed by atoms with Gasteiger partial charge in [0.15, 0.2) is 17.5 Å². The highest BCUT2D eigenvalue weighted by Gasteiger charge is 2.18. The predicted molar refractivity (Wildman–Crippen MR) is 183 cm³/mol. The zero-order valence-corrected chi connectivity index (χ0v) is 23.4. The minimum Gasteiger partial charge on any atom is -0.309 e. The fourth-order valence-electron chi connectivity index (χ4n) is 5.45. The maximum Gasteiger partial charge on any atom is 0.165 e. The van der Waals surface area contributed by atoms with Gasteiger partial charge in [0.2, 0.25) is 0 Å². The Morgan fingerprint density at radius 3 is 2.11 bits per heavy atom. The van der Waals surface area contributed by atoms with Crippen molar-refractivity contribution in [3.05, 3.63) is 145 Å². The monoisotopic (exact) mass is 592 g/mol. The first kappa shape index (κ1) is 15.7. The van der Waals surface area contributed by atoms with Crippen LogP contribution in [0.5, 0.6) is 0 Å². The minimum atomic E-state index is -0.711. The van der Waals surface area contributed by atoms with E-state index in [-0.39, 0.29) is 44.8 Å². The molecule has 9 rings (SSSR count). The van der Waals surface area contributed by atoms with Gasteiger partial charge in [-0.25, -0.2) is 15.0 Å². The van der Waals surface area contributed by atoms with Gasteiger partial charge in [-0.2, -0.15) is 0 Å². The summed E-state index contributed by atoms with van der Waals surface area (Å²) >= 11 is 1.56. The number of para-hydroxylation sites is 2. The molecule has 0 atom stereocenters. The number of benzene rings is 6. The van der Waals surface area contributed by atoms with E-state index in [2.05, 4.69) is 0 Å². The quantitative estimate of drug-likeness (QED) is 0.204. The standard InChI is InChI=1S/C39H24N4S/c1-3-12-25(13-4-1)37-40-38(42-39(41-37)32-19-11-18-31-30-17-8-10-21-35(30)44-36(31)32)26-22-23-29-28-16-7-9-20-33(28)43(34(29)24-26)27-14-5-2-6-15-27/h1-24H/i2D,5D,6D,7D,9D,14D,15D,16D,20D,22D,23D,24D. The molecule has 0 amide bonds. The molecule has 0 spiro atoms. The zero-order valence-electron chi connectivity index (χ0n) is 34.6. The summed E-state index contributed by atoms with van der Waals surface area (Å²) in [5.74, 6) is 0.275. The Morgan fingerprint density at radius 1 is 0.523 bits per heavy atom. The summed E-state index contributed by atoms with van der Waals surface area (Å²) in [7, 11) is 0. The molecule has 0 unspecified atom stereocenters. The third kappa shape index (κ3) is 3.94. The fourth-order valence-corrected chi connectivity index (χ4v) is 6.66. The van der Waals surface area contributed by atoms with Crippen molar-refractivity contribution in [2.75, 3.05) is 0 Å². The van der Waals surface area contributed by atoms with Gasteiger partial charge in [0.25, 0.3) is 0 Å². The summed E-state index contributed by atoms with van der Waals surface area (Å²) in [6, 6.07) is 15.2. The van der Waals surface area contributed by atoms with Crippen LogP contribution in [0.15, 0.2) is 145 Å². The van der Waals surface area contributed by atoms with Gasteiger partial charge in [0.05, 0.1) is 27.5 Å². The molecule has 0 aliphatic carbocycles. The Kier molecular flexibility index (Phi) is 3.56. The van der Waals surface area contributed by atoms with E-state index in [1.165, 1.54) is 0 Å². The van der Waals surface area contributed by atoms with Crippen LogP contribution in [-0.2, 0) is 0 Å². The number of aromatic nitrogens is 4. The van der Waals surface area contributed by atoms with Gasteiger partial charge in [0, 0.05) is 53.3 Å². The lowest BCUT2D eigenvalue weighted by atomic mass is 10.1. The number of rotatable bonds is 4. The van der Waals surface area contributed by atoms with Crippen LogP contribution < -0.4 is 0 Å². The van der Waals surface area contributed by atoms with E-state index in [9.17, 15) is 4.11 Å². The van der Waals surface area contributed by atoms with Gasteiger partial charge >= 0.3 is 0 Å². The van der Waals surface area contributed by atoms with Crippen LogP contribution in [0, 0.1) is 0 Å². The molecular formula is C39H24N4S. The molecule has 0 fully saturated rings. The molecule has 0 radical (unpaired) electrons. The SMILES string of the molecule is [2H]c1c([2H])c([2H])c(-n2c3c([2H])c([2H])c([2H])c([2H])c3c3c([2H])c([2H])c(-c4nc(-c5ccccc5)nc(-c5cccc6c5sc5ccccc56)n4)c([2H])c32)c([2H])c1[2H]. The highest BCUT2D eigenvalue weighted by molar-refractivity contribution is 7.26. The Bertz CT molecular complexity index is 3150. The van der Waals surface area contributed by atoms with Crippen molar-refractivity contribution in [1.29, 1.82) is 0 Å². The molecule has 44 heavy (non-hydrogen) atoms. The van der Waals surface area contributed by atoms with Crippen molar-refractivity contribution in [3.8, 4) is 39.9 Å². The molecule has 0 bridgehead atoms. The lowest BCUT2D eigenvalue weighted by Crippen LogP contribution is -2.00. The second-order valence-corrected chi connectivity index (χ2v) is 11.0. The van der Waals surface area contributed by atoms with Crippen LogP contribution in [0.1, 0.15) is 16.4 Å². The summed E-state index contributed by atoms with van der Waals surface area (Å²) < 4.78 is 109. The van der Waals surface area contributed by atoms with E-state index in [1.807, 2.05) is 60.7 Å². The average molecular weight is 593 g/mol. The van der Waals surface area contributed by atoms with E-state index < -0.39 is 78.2 Å². The summed E-state index contributed by atoms with van der Waals surface area (Å²) in [6.07, 6.45) is 0. The van der Waals surface area contributed by atoms with E-state index in [4.69, 9.17) is 27.3 Å². The second-order valence-electron chi connectivity index (χ2n) is 9.96. The second kappa shape index (κ2) is 9.97. The molecule has 0 aliphatic heterocycles. The van der Waals surface area contributed by atoms with Gasteiger partial charge in [-0.15, -0.1) is 11.3 Å². The van der Waals surface area contributed by atoms with E-state index in [0.29, 0.717) is 11.1 Å². The fraction of sp³-hybridized carbons (Fsp3) is 0. The molecule has 0 aliphatic rings. The first-order valence-corrected chi connectivity index (χ1v) is 14.5. The van der Waals surface area contributed by atoms with Crippen molar-refractivity contribution >= 4 is 53.3 Å². The number of hydrogen-bond acceptors (Lipinski definition) is 4. The molecule has 3 heterocycles. The van der Waals surface area contributed by atoms with Gasteiger partial charge in [-0.3, -0.25) is 0 Å². The molecule has 3 aromatic heterocycles. The van der Waals surface area contributed by atoms with Crippen LogP contribution in [-0.4, -0.2) is 19.5 Å². The Morgan fingerprint density at radius 2 is 1.23 bits per heavy atom. The third-order valence-electron chi connectivity index (χ3n) is 7.40. The van der Waals surface area contributed by atoms with Crippen LogP contribution in [0.2, 0.25) is 0 Å². The summed E-state index contributed by atoms with van der Waals surface area (Å²) in [6.45, 7) is 0. The molecule has 4 nitrogen and oxygen atoms in total. The highest BCUT2D eigenvalue weighted by Crippen LogP contribution is 2.40. The molecule has 0 saturated heterocycles. The summed E-state index contributed by atoms with van der Waals surface area (Å²) in [5, 5.41) is 1.55. The molecule has 5 heteroatoms. The molecule has 6 aromatic carbocycles. The smallest absolute Gasteiger partial charge is 0.165 e. The Labute approximate surface area is 274 Å². The topological polar surface area (TPSA) is 43.6 Å². The Hall–Kier alpha value is -5.65. The normalized spacial score (nSPS) is 15.5. The first-order valence-electron chi connectivity index (χ1n) is 19.7. The van der Waals surface area contributed by atoms with Crippen LogP contribution in [0.3, 0.4) is 0 Å². The van der Waals surface area contributed by atoms with Crippen LogP contribution >= 0.6 is 11.3 Å². The number of nitrogens with zero attached hydrogens (tertiary/aromatic N) is 4. The van der Waals surface area contributed by atoms with Gasteiger partial charge in [-0.05, 0) is 36.3 Å². The van der Waals surface area contributed by atoms with Gasteiger partial charge in [0.1, 0.15) is 0 Å². The third-order valence-corrected chi connectivity index (χ3v) is 8.62. The van der Waals surface area contributed by atoms with Gasteiger partial charge < -0.3 is 4.57 Å². The maximum absolute atomic E-state index is 9.74. The molecule has 9 aromatic rings. The average Bonchev–Trinajstić information content (AvgIpc) is 3.77. The van der Waals surface area contributed by atoms with Crippen molar-refractivity contribution in [1.82, 2.24) is 19.5 Å². The van der Waals surface area contributed by atoms with E-state index >= 15 is 0 Å². The maximum atomic E-state index is 9.74. The predicted octanol–water partition coefficient (Wildman–Crippen LogP) is 10.3. The van der Waals surface area contributed by atoms with Crippen molar-refractivity contribution in [2.45, 2.75) is 0 Å². The molecule has 0 N–H and O–H groups in total. The van der Waals surface area contributed by atoms with Crippen LogP contribution in [0.4, 0.5) is 0 Å². The summed E-state index contributed by atoms with van der Waals surface area (Å²) in [5.41, 5.74) is -0.0826. The van der Waals surface area contributed by atoms with Crippen molar-refractivity contribution in [3.63, 3.8) is 0 Å². The number of fused-ring (bicyclic) bond motifs is 6. The van der Waals surface area contributed by atoms with Crippen LogP contribution in [0.25, 0.3) is 81.8 Å². The largest absolute Gasteiger partial charge is 0.309 e. The number of thiophene rings is 1. The molecular weight excluding hydrogens is 557 g/mol. The summed E-state index contributed by atoms with van der Waals surface area (Å²) in [4.78, 5) is 14.5. The van der Waals surface area contributed by atoms with E-state index in [0.717, 1.165) is 24.7 Å². The lowest BCUT2D eigenvalue weighted by molar-refractivity contribution is 1.08. The van der Waals surface area contributed by atoms with Gasteiger partial charge in [-0.1, -0.05) is 109 Å².